The molecule has 0 fully saturated rings. The van der Waals surface area contributed by atoms with Gasteiger partial charge in [-0.3, -0.25) is 9.36 Å². The normalized spacial score (nSPS) is 12.2. The van der Waals surface area contributed by atoms with Gasteiger partial charge < -0.3 is 5.32 Å². The van der Waals surface area contributed by atoms with Crippen molar-refractivity contribution in [1.82, 2.24) is 14.9 Å². The van der Waals surface area contributed by atoms with E-state index in [-0.39, 0.29) is 18.6 Å². The summed E-state index contributed by atoms with van der Waals surface area (Å²) < 4.78 is 37.6. The van der Waals surface area contributed by atoms with Crippen LogP contribution >= 0.6 is 11.3 Å². The molecule has 1 N–H and O–H groups in total. The Morgan fingerprint density at radius 3 is 2.89 bits per heavy atom. The Hall–Kier alpha value is -1.41. The lowest BCUT2D eigenvalue weighted by atomic mass is 10.3. The highest BCUT2D eigenvalue weighted by Gasteiger charge is 2.25. The number of hydrogen-bond acceptors (Lipinski definition) is 4. The van der Waals surface area contributed by atoms with Crippen molar-refractivity contribution >= 4 is 21.6 Å². The van der Waals surface area contributed by atoms with E-state index in [0.717, 1.165) is 5.56 Å². The van der Waals surface area contributed by atoms with Crippen LogP contribution in [0.1, 0.15) is 5.56 Å². The summed E-state index contributed by atoms with van der Waals surface area (Å²) in [6.07, 6.45) is -2.86. The Labute approximate surface area is 110 Å². The smallest absolute Gasteiger partial charge is 0.307 e. The van der Waals surface area contributed by atoms with Crippen molar-refractivity contribution in [2.24, 2.45) is 0 Å². The maximum atomic E-state index is 12.0. The molecule has 0 saturated heterocycles. The molecule has 0 amide bonds. The van der Waals surface area contributed by atoms with E-state index < -0.39 is 12.7 Å². The van der Waals surface area contributed by atoms with Crippen LogP contribution in [0, 0.1) is 6.92 Å². The Morgan fingerprint density at radius 2 is 2.21 bits per heavy atom. The number of aromatic nitrogens is 2. The lowest BCUT2D eigenvalue weighted by molar-refractivity contribution is -0.124. The fourth-order valence-electron chi connectivity index (χ4n) is 1.65. The average molecular weight is 291 g/mol. The molecule has 8 heteroatoms. The molecule has 0 unspecified atom stereocenters. The Balaban J connectivity index is 2.06. The summed E-state index contributed by atoms with van der Waals surface area (Å²) in [6, 6.07) is 0. The van der Waals surface area contributed by atoms with E-state index >= 15 is 0 Å². The molecule has 2 aromatic heterocycles. The van der Waals surface area contributed by atoms with Gasteiger partial charge in [0.25, 0.3) is 5.56 Å². The van der Waals surface area contributed by atoms with Gasteiger partial charge in [0.2, 0.25) is 0 Å². The van der Waals surface area contributed by atoms with Crippen molar-refractivity contribution in [3.63, 3.8) is 0 Å². The zero-order chi connectivity index (χ0) is 14.0. The van der Waals surface area contributed by atoms with Crippen LogP contribution in [-0.4, -0.2) is 28.8 Å². The average Bonchev–Trinajstić information content (AvgIpc) is 2.69. The second-order valence-electron chi connectivity index (χ2n) is 4.13. The third-order valence-corrected chi connectivity index (χ3v) is 3.65. The predicted molar refractivity (Wildman–Crippen MR) is 67.5 cm³/mol. The van der Waals surface area contributed by atoms with Gasteiger partial charge in [0.05, 0.1) is 18.4 Å². The van der Waals surface area contributed by atoms with Crippen molar-refractivity contribution in [1.29, 1.82) is 0 Å². The highest BCUT2D eigenvalue weighted by atomic mass is 32.1. The van der Waals surface area contributed by atoms with Crippen molar-refractivity contribution < 1.29 is 13.2 Å². The highest BCUT2D eigenvalue weighted by molar-refractivity contribution is 7.17. The number of fused-ring (bicyclic) bond motifs is 1. The molecule has 2 rings (SSSR count). The van der Waals surface area contributed by atoms with Crippen LogP contribution in [0.3, 0.4) is 0 Å². The molecule has 0 radical (unpaired) electrons. The summed E-state index contributed by atoms with van der Waals surface area (Å²) in [5.41, 5.74) is 1.38. The summed E-state index contributed by atoms with van der Waals surface area (Å²) in [7, 11) is 0. The van der Waals surface area contributed by atoms with Crippen LogP contribution in [0.15, 0.2) is 16.5 Å². The molecule has 0 aromatic carbocycles. The first-order valence-electron chi connectivity index (χ1n) is 5.59. The lowest BCUT2D eigenvalue weighted by Gasteiger charge is -2.09. The molecule has 2 heterocycles. The topological polar surface area (TPSA) is 46.9 Å². The number of nitrogens with zero attached hydrogens (tertiary/aromatic N) is 2. The minimum Gasteiger partial charge on any atom is -0.307 e. The maximum absolute atomic E-state index is 12.0. The number of alkyl halides is 3. The van der Waals surface area contributed by atoms with E-state index in [0.29, 0.717) is 10.2 Å². The second kappa shape index (κ2) is 5.30. The molecule has 0 aliphatic carbocycles. The number of halogens is 3. The van der Waals surface area contributed by atoms with Crippen molar-refractivity contribution in [2.75, 3.05) is 13.1 Å². The van der Waals surface area contributed by atoms with Gasteiger partial charge in [-0.15, -0.1) is 11.3 Å². The zero-order valence-electron chi connectivity index (χ0n) is 10.1. The molecule has 104 valence electrons. The summed E-state index contributed by atoms with van der Waals surface area (Å²) in [5.74, 6) is 0. The molecule has 0 aliphatic heterocycles. The second-order valence-corrected chi connectivity index (χ2v) is 5.01. The van der Waals surface area contributed by atoms with Crippen LogP contribution in [0.25, 0.3) is 10.2 Å². The van der Waals surface area contributed by atoms with Gasteiger partial charge in [0.15, 0.2) is 0 Å². The van der Waals surface area contributed by atoms with E-state index in [4.69, 9.17) is 0 Å². The van der Waals surface area contributed by atoms with Crippen LogP contribution in [0.4, 0.5) is 13.2 Å². The largest absolute Gasteiger partial charge is 0.401 e. The summed E-state index contributed by atoms with van der Waals surface area (Å²) >= 11 is 1.30. The molecule has 0 aliphatic rings. The van der Waals surface area contributed by atoms with Gasteiger partial charge in [-0.05, 0) is 17.9 Å². The standard InChI is InChI=1S/C11H12F3N3OS/c1-7-4-19-9-8(7)16-6-17(10(9)18)3-2-15-5-11(12,13)14/h4,6,15H,2-3,5H2,1H3. The minimum atomic E-state index is -4.24. The Kier molecular flexibility index (Phi) is 3.91. The minimum absolute atomic E-state index is 0.0664. The molecule has 0 atom stereocenters. The van der Waals surface area contributed by atoms with Crippen molar-refractivity contribution in [2.45, 2.75) is 19.6 Å². The SMILES string of the molecule is Cc1csc2c(=O)n(CCNCC(F)(F)F)cnc12. The number of hydrogen-bond donors (Lipinski definition) is 1. The Morgan fingerprint density at radius 1 is 1.47 bits per heavy atom. The fraction of sp³-hybridized carbons (Fsp3) is 0.455. The molecule has 0 bridgehead atoms. The molecule has 19 heavy (non-hydrogen) atoms. The van der Waals surface area contributed by atoms with Gasteiger partial charge in [0, 0.05) is 13.1 Å². The summed E-state index contributed by atoms with van der Waals surface area (Å²) in [6.45, 7) is 1.03. The molecular formula is C11H12F3N3OS. The molecule has 2 aromatic rings. The number of rotatable bonds is 4. The third-order valence-electron chi connectivity index (χ3n) is 2.58. The monoisotopic (exact) mass is 291 g/mol. The van der Waals surface area contributed by atoms with Crippen LogP contribution in [-0.2, 0) is 6.54 Å². The van der Waals surface area contributed by atoms with Gasteiger partial charge in [-0.2, -0.15) is 13.2 Å². The van der Waals surface area contributed by atoms with Crippen LogP contribution < -0.4 is 10.9 Å². The lowest BCUT2D eigenvalue weighted by Crippen LogP contribution is -2.33. The highest BCUT2D eigenvalue weighted by Crippen LogP contribution is 2.19. The maximum Gasteiger partial charge on any atom is 0.401 e. The van der Waals surface area contributed by atoms with E-state index in [9.17, 15) is 18.0 Å². The summed E-state index contributed by atoms with van der Waals surface area (Å²) in [4.78, 5) is 16.2. The quantitative estimate of drug-likeness (QED) is 0.875. The number of aryl methyl sites for hydroxylation is 1. The molecule has 0 spiro atoms. The zero-order valence-corrected chi connectivity index (χ0v) is 10.9. The van der Waals surface area contributed by atoms with Crippen molar-refractivity contribution in [3.05, 3.63) is 27.6 Å². The number of nitrogens with one attached hydrogen (secondary N) is 1. The predicted octanol–water partition coefficient (Wildman–Crippen LogP) is 1.92. The molecule has 0 saturated carbocycles. The first-order valence-corrected chi connectivity index (χ1v) is 6.47. The summed E-state index contributed by atoms with van der Waals surface area (Å²) in [5, 5.41) is 4.08. The van der Waals surface area contributed by atoms with Gasteiger partial charge in [-0.25, -0.2) is 4.98 Å². The van der Waals surface area contributed by atoms with Crippen LogP contribution in [0.2, 0.25) is 0 Å². The molecule has 4 nitrogen and oxygen atoms in total. The number of thiophene rings is 1. The van der Waals surface area contributed by atoms with E-state index in [2.05, 4.69) is 10.3 Å². The van der Waals surface area contributed by atoms with Crippen LogP contribution in [0.5, 0.6) is 0 Å². The fourth-order valence-corrected chi connectivity index (χ4v) is 2.60. The van der Waals surface area contributed by atoms with E-state index in [1.54, 1.807) is 0 Å². The van der Waals surface area contributed by atoms with Crippen molar-refractivity contribution in [3.8, 4) is 0 Å². The van der Waals surface area contributed by atoms with Gasteiger partial charge >= 0.3 is 6.18 Å². The molecular weight excluding hydrogens is 279 g/mol. The Bertz CT molecular complexity index is 632. The van der Waals surface area contributed by atoms with Gasteiger partial charge in [0.1, 0.15) is 4.70 Å². The third kappa shape index (κ3) is 3.32. The van der Waals surface area contributed by atoms with E-state index in [1.165, 1.54) is 22.2 Å². The van der Waals surface area contributed by atoms with Gasteiger partial charge in [-0.1, -0.05) is 0 Å². The first kappa shape index (κ1) is 14.0. The van der Waals surface area contributed by atoms with E-state index in [1.807, 2.05) is 12.3 Å². The first-order chi connectivity index (χ1) is 8.88.